The zero-order valence-electron chi connectivity index (χ0n) is 10.7. The molecular weight excluding hydrogens is 232 g/mol. The van der Waals surface area contributed by atoms with E-state index in [9.17, 15) is 4.79 Å². The third-order valence-corrected chi connectivity index (χ3v) is 3.09. The quantitative estimate of drug-likeness (QED) is 0.829. The fraction of sp³-hybridized carbons (Fsp3) is 0.583. The molecule has 1 atom stereocenters. The Morgan fingerprint density at radius 3 is 2.89 bits per heavy atom. The van der Waals surface area contributed by atoms with Crippen molar-refractivity contribution in [2.24, 2.45) is 0 Å². The van der Waals surface area contributed by atoms with Crippen molar-refractivity contribution in [2.75, 3.05) is 20.2 Å². The van der Waals surface area contributed by atoms with E-state index in [2.05, 4.69) is 27.1 Å². The summed E-state index contributed by atoms with van der Waals surface area (Å²) in [5, 5.41) is 2.90. The molecule has 1 amide bonds. The number of hydrogen-bond donors (Lipinski definition) is 1. The number of carbonyl (C=O) groups excluding carboxylic acids is 1. The number of aromatic nitrogens is 2. The van der Waals surface area contributed by atoms with Gasteiger partial charge in [-0.2, -0.15) is 0 Å². The first kappa shape index (κ1) is 12.8. The fourth-order valence-corrected chi connectivity index (χ4v) is 1.94. The largest absolute Gasteiger partial charge is 0.467 e. The minimum Gasteiger partial charge on any atom is -0.467 e. The van der Waals surface area contributed by atoms with E-state index in [1.54, 1.807) is 19.5 Å². The summed E-state index contributed by atoms with van der Waals surface area (Å²) in [7, 11) is 1.54. The van der Waals surface area contributed by atoms with E-state index in [1.165, 1.54) is 0 Å². The van der Waals surface area contributed by atoms with Crippen LogP contribution in [-0.4, -0.2) is 47.0 Å². The van der Waals surface area contributed by atoms with Gasteiger partial charge in [-0.15, -0.1) is 0 Å². The molecule has 0 spiro atoms. The molecule has 1 N–H and O–H groups in total. The van der Waals surface area contributed by atoms with Crippen LogP contribution in [0.15, 0.2) is 12.4 Å². The topological polar surface area (TPSA) is 67.3 Å². The van der Waals surface area contributed by atoms with Crippen molar-refractivity contribution in [3.05, 3.63) is 18.0 Å². The van der Waals surface area contributed by atoms with E-state index in [1.807, 2.05) is 0 Å². The summed E-state index contributed by atoms with van der Waals surface area (Å²) in [6, 6.07) is 0.693. The Bertz CT molecular complexity index is 407. The summed E-state index contributed by atoms with van der Waals surface area (Å²) < 4.78 is 4.92. The molecule has 0 bridgehead atoms. The first-order valence-corrected chi connectivity index (χ1v) is 6.04. The predicted octanol–water partition coefficient (Wildman–Crippen LogP) is 0.196. The van der Waals surface area contributed by atoms with Crippen molar-refractivity contribution in [1.29, 1.82) is 0 Å². The van der Waals surface area contributed by atoms with Crippen LogP contribution in [-0.2, 0) is 11.3 Å². The zero-order chi connectivity index (χ0) is 13.0. The Kier molecular flexibility index (Phi) is 4.09. The Labute approximate surface area is 106 Å². The molecule has 0 saturated carbocycles. The molecule has 6 heteroatoms. The molecule has 6 nitrogen and oxygen atoms in total. The number of carbonyl (C=O) groups is 1. The maximum Gasteiger partial charge on any atom is 0.316 e. The lowest BCUT2D eigenvalue weighted by Crippen LogP contribution is -2.37. The van der Waals surface area contributed by atoms with Crippen LogP contribution >= 0.6 is 0 Å². The van der Waals surface area contributed by atoms with E-state index in [0.717, 1.165) is 18.7 Å². The van der Waals surface area contributed by atoms with Gasteiger partial charge in [-0.25, -0.2) is 9.97 Å². The molecule has 2 heterocycles. The van der Waals surface area contributed by atoms with Gasteiger partial charge in [0.2, 0.25) is 5.91 Å². The van der Waals surface area contributed by atoms with E-state index in [4.69, 9.17) is 4.74 Å². The van der Waals surface area contributed by atoms with Crippen molar-refractivity contribution in [1.82, 2.24) is 20.2 Å². The van der Waals surface area contributed by atoms with E-state index >= 15 is 0 Å². The molecule has 98 valence electrons. The zero-order valence-corrected chi connectivity index (χ0v) is 10.7. The summed E-state index contributed by atoms with van der Waals surface area (Å²) in [6.45, 7) is 4.31. The average molecular weight is 250 g/mol. The third kappa shape index (κ3) is 3.16. The SMILES string of the molecule is COc1ncc(CN2CCC(=O)NC[C@H]2C)cn1. The summed E-state index contributed by atoms with van der Waals surface area (Å²) in [6.07, 6.45) is 4.07. The molecule has 1 fully saturated rings. The minimum atomic E-state index is 0.121. The highest BCUT2D eigenvalue weighted by Gasteiger charge is 2.20. The molecule has 2 rings (SSSR count). The number of rotatable bonds is 3. The van der Waals surface area contributed by atoms with Gasteiger partial charge < -0.3 is 10.1 Å². The first-order valence-electron chi connectivity index (χ1n) is 6.04. The summed E-state index contributed by atoms with van der Waals surface area (Å²) in [4.78, 5) is 21.8. The third-order valence-electron chi connectivity index (χ3n) is 3.09. The predicted molar refractivity (Wildman–Crippen MR) is 66.1 cm³/mol. The van der Waals surface area contributed by atoms with Crippen molar-refractivity contribution in [3.63, 3.8) is 0 Å². The summed E-state index contributed by atoms with van der Waals surface area (Å²) in [5.74, 6) is 0.121. The van der Waals surface area contributed by atoms with E-state index < -0.39 is 0 Å². The molecule has 0 unspecified atom stereocenters. The summed E-state index contributed by atoms with van der Waals surface area (Å²) in [5.41, 5.74) is 1.02. The van der Waals surface area contributed by atoms with Crippen molar-refractivity contribution < 1.29 is 9.53 Å². The Morgan fingerprint density at radius 1 is 1.50 bits per heavy atom. The van der Waals surface area contributed by atoms with Crippen LogP contribution in [0.2, 0.25) is 0 Å². The maximum atomic E-state index is 11.3. The molecule has 0 aromatic carbocycles. The molecule has 1 aromatic heterocycles. The Balaban J connectivity index is 2.00. The molecule has 1 aliphatic heterocycles. The second-order valence-corrected chi connectivity index (χ2v) is 4.45. The molecule has 1 aliphatic rings. The lowest BCUT2D eigenvalue weighted by molar-refractivity contribution is -0.120. The van der Waals surface area contributed by atoms with Crippen LogP contribution in [0.5, 0.6) is 6.01 Å². The number of hydrogen-bond acceptors (Lipinski definition) is 5. The van der Waals surface area contributed by atoms with Gasteiger partial charge in [0, 0.05) is 50.1 Å². The highest BCUT2D eigenvalue weighted by Crippen LogP contribution is 2.11. The summed E-state index contributed by atoms with van der Waals surface area (Å²) >= 11 is 0. The number of amides is 1. The highest BCUT2D eigenvalue weighted by atomic mass is 16.5. The van der Waals surface area contributed by atoms with E-state index in [-0.39, 0.29) is 5.91 Å². The van der Waals surface area contributed by atoms with Crippen LogP contribution in [0.25, 0.3) is 0 Å². The van der Waals surface area contributed by atoms with Crippen molar-refractivity contribution >= 4 is 5.91 Å². The first-order chi connectivity index (χ1) is 8.69. The number of methoxy groups -OCH3 is 1. The van der Waals surface area contributed by atoms with Crippen molar-refractivity contribution in [3.8, 4) is 6.01 Å². The van der Waals surface area contributed by atoms with E-state index in [0.29, 0.717) is 25.0 Å². The van der Waals surface area contributed by atoms with Crippen LogP contribution in [0.3, 0.4) is 0 Å². The molecule has 0 aliphatic carbocycles. The van der Waals surface area contributed by atoms with Gasteiger partial charge in [-0.05, 0) is 6.92 Å². The number of ether oxygens (including phenoxy) is 1. The van der Waals surface area contributed by atoms with Gasteiger partial charge in [-0.1, -0.05) is 0 Å². The maximum absolute atomic E-state index is 11.3. The van der Waals surface area contributed by atoms with Gasteiger partial charge in [-0.3, -0.25) is 9.69 Å². The monoisotopic (exact) mass is 250 g/mol. The van der Waals surface area contributed by atoms with Crippen LogP contribution < -0.4 is 10.1 Å². The average Bonchev–Trinajstić information content (AvgIpc) is 2.55. The number of nitrogens with one attached hydrogen (secondary N) is 1. The lowest BCUT2D eigenvalue weighted by Gasteiger charge is -2.25. The van der Waals surface area contributed by atoms with Crippen LogP contribution in [0.1, 0.15) is 18.9 Å². The fourth-order valence-electron chi connectivity index (χ4n) is 1.94. The molecular formula is C12H18N4O2. The molecule has 1 saturated heterocycles. The van der Waals surface area contributed by atoms with Gasteiger partial charge in [0.05, 0.1) is 7.11 Å². The normalized spacial score (nSPS) is 21.2. The van der Waals surface area contributed by atoms with Gasteiger partial charge >= 0.3 is 6.01 Å². The smallest absolute Gasteiger partial charge is 0.316 e. The number of nitrogens with zero attached hydrogens (tertiary/aromatic N) is 3. The highest BCUT2D eigenvalue weighted by molar-refractivity contribution is 5.76. The standard InChI is InChI=1S/C12H18N4O2/c1-9-5-13-11(17)3-4-16(9)8-10-6-14-12(18-2)15-7-10/h6-7,9H,3-5,8H2,1-2H3,(H,13,17)/t9-/m1/s1. The van der Waals surface area contributed by atoms with Gasteiger partial charge in [0.25, 0.3) is 0 Å². The van der Waals surface area contributed by atoms with Gasteiger partial charge in [0.1, 0.15) is 0 Å². The second-order valence-electron chi connectivity index (χ2n) is 4.45. The van der Waals surface area contributed by atoms with Gasteiger partial charge in [0.15, 0.2) is 0 Å². The van der Waals surface area contributed by atoms with Crippen LogP contribution in [0, 0.1) is 0 Å². The Hall–Kier alpha value is -1.69. The lowest BCUT2D eigenvalue weighted by atomic mass is 10.2. The van der Waals surface area contributed by atoms with Crippen LogP contribution in [0.4, 0.5) is 0 Å². The molecule has 0 radical (unpaired) electrons. The Morgan fingerprint density at radius 2 is 2.22 bits per heavy atom. The molecule has 1 aromatic rings. The minimum absolute atomic E-state index is 0.121. The molecule has 18 heavy (non-hydrogen) atoms. The second kappa shape index (κ2) is 5.77. The van der Waals surface area contributed by atoms with Crippen molar-refractivity contribution in [2.45, 2.75) is 25.9 Å².